The van der Waals surface area contributed by atoms with Crippen LogP contribution in [0.1, 0.15) is 51.4 Å². The molecule has 0 aliphatic carbocycles. The number of carboxylic acids is 1. The lowest BCUT2D eigenvalue weighted by Crippen LogP contribution is -2.30. The van der Waals surface area contributed by atoms with Gasteiger partial charge in [0.2, 0.25) is 11.8 Å². The molecule has 30 heavy (non-hydrogen) atoms. The van der Waals surface area contributed by atoms with Crippen LogP contribution in [0, 0.1) is 10.1 Å². The zero-order chi connectivity index (χ0) is 22.2. The minimum absolute atomic E-state index is 0.0153. The Morgan fingerprint density at radius 2 is 1.53 bits per heavy atom. The number of non-ortho nitro benzene ring substituents is 1. The molecule has 1 rings (SSSR count). The molecule has 0 saturated heterocycles. The van der Waals surface area contributed by atoms with E-state index in [2.05, 4.69) is 16.0 Å². The largest absolute Gasteiger partial charge is 0.481 e. The average molecular weight is 422 g/mol. The molecule has 10 nitrogen and oxygen atoms in total. The van der Waals surface area contributed by atoms with Gasteiger partial charge in [-0.1, -0.05) is 18.9 Å². The molecule has 0 unspecified atom stereocenters. The molecule has 0 saturated carbocycles. The summed E-state index contributed by atoms with van der Waals surface area (Å²) < 4.78 is 0. The fourth-order valence-electron chi connectivity index (χ4n) is 2.68. The highest BCUT2D eigenvalue weighted by atomic mass is 16.6. The molecule has 0 spiro atoms. The van der Waals surface area contributed by atoms with Gasteiger partial charge in [0, 0.05) is 43.8 Å². The van der Waals surface area contributed by atoms with Gasteiger partial charge in [-0.2, -0.15) is 0 Å². The smallest absolute Gasteiger partial charge is 0.303 e. The van der Waals surface area contributed by atoms with Crippen molar-refractivity contribution in [1.29, 1.82) is 0 Å². The van der Waals surface area contributed by atoms with Crippen LogP contribution in [-0.4, -0.2) is 47.4 Å². The molecule has 0 heterocycles. The number of benzene rings is 1. The van der Waals surface area contributed by atoms with Crippen molar-refractivity contribution in [3.63, 3.8) is 0 Å². The second-order valence-electron chi connectivity index (χ2n) is 6.88. The fraction of sp³-hybridized carbons (Fsp3) is 0.550. The third-order valence-electron chi connectivity index (χ3n) is 4.30. The summed E-state index contributed by atoms with van der Waals surface area (Å²) in [6.07, 6.45) is 5.06. The van der Waals surface area contributed by atoms with Crippen LogP contribution in [0.2, 0.25) is 0 Å². The van der Waals surface area contributed by atoms with E-state index in [1.54, 1.807) is 12.1 Å². The van der Waals surface area contributed by atoms with Crippen molar-refractivity contribution in [2.45, 2.75) is 51.4 Å². The Balaban J connectivity index is 2.00. The van der Waals surface area contributed by atoms with Crippen LogP contribution in [0.25, 0.3) is 0 Å². The van der Waals surface area contributed by atoms with E-state index in [9.17, 15) is 24.5 Å². The van der Waals surface area contributed by atoms with Gasteiger partial charge in [0.25, 0.3) is 5.69 Å². The molecule has 10 heteroatoms. The molecule has 0 aliphatic heterocycles. The van der Waals surface area contributed by atoms with Crippen LogP contribution >= 0.6 is 0 Å². The second-order valence-corrected chi connectivity index (χ2v) is 6.88. The van der Waals surface area contributed by atoms with E-state index < -0.39 is 10.9 Å². The summed E-state index contributed by atoms with van der Waals surface area (Å²) in [7, 11) is 0. The lowest BCUT2D eigenvalue weighted by atomic mass is 10.1. The van der Waals surface area contributed by atoms with Crippen molar-refractivity contribution in [2.75, 3.05) is 25.0 Å². The van der Waals surface area contributed by atoms with Crippen molar-refractivity contribution in [1.82, 2.24) is 10.6 Å². The molecule has 2 amide bonds. The Morgan fingerprint density at radius 1 is 0.900 bits per heavy atom. The number of aliphatic carboxylic acids is 1. The Kier molecular flexibility index (Phi) is 12.2. The monoisotopic (exact) mass is 422 g/mol. The van der Waals surface area contributed by atoms with Gasteiger partial charge in [-0.3, -0.25) is 24.5 Å². The number of hydrogen-bond acceptors (Lipinski definition) is 6. The first kappa shape index (κ1) is 24.9. The number of carbonyl (C=O) groups excluding carboxylic acids is 2. The maximum atomic E-state index is 11.8. The molecule has 0 radical (unpaired) electrons. The van der Waals surface area contributed by atoms with Crippen molar-refractivity contribution < 1.29 is 24.4 Å². The zero-order valence-corrected chi connectivity index (χ0v) is 17.0. The Hall–Kier alpha value is -3.17. The third-order valence-corrected chi connectivity index (χ3v) is 4.30. The first-order valence-corrected chi connectivity index (χ1v) is 10.1. The third kappa shape index (κ3) is 12.3. The molecule has 1 aromatic rings. The lowest BCUT2D eigenvalue weighted by Gasteiger charge is -2.08. The topological polar surface area (TPSA) is 151 Å². The number of amides is 2. The molecule has 0 atom stereocenters. The first-order chi connectivity index (χ1) is 14.4. The van der Waals surface area contributed by atoms with Gasteiger partial charge in [0.05, 0.1) is 11.5 Å². The first-order valence-electron chi connectivity index (χ1n) is 10.1. The van der Waals surface area contributed by atoms with Crippen molar-refractivity contribution >= 4 is 29.2 Å². The Labute approximate surface area is 175 Å². The number of hydrogen-bond donors (Lipinski definition) is 4. The minimum atomic E-state index is -0.797. The van der Waals surface area contributed by atoms with E-state index >= 15 is 0 Å². The van der Waals surface area contributed by atoms with Crippen molar-refractivity contribution in [3.05, 3.63) is 34.4 Å². The molecule has 1 aromatic carbocycles. The van der Waals surface area contributed by atoms with Crippen LogP contribution in [0.5, 0.6) is 0 Å². The molecule has 4 N–H and O–H groups in total. The SMILES string of the molecule is O=C(O)CCCCCNC(=O)CCCCCNC(=O)CNc1cccc([N+](=O)[O-])c1. The fourth-order valence-corrected chi connectivity index (χ4v) is 2.68. The highest BCUT2D eigenvalue weighted by Crippen LogP contribution is 2.16. The van der Waals surface area contributed by atoms with Crippen molar-refractivity contribution in [2.24, 2.45) is 0 Å². The minimum Gasteiger partial charge on any atom is -0.481 e. The Morgan fingerprint density at radius 3 is 2.17 bits per heavy atom. The van der Waals surface area contributed by atoms with E-state index in [0.29, 0.717) is 31.6 Å². The Bertz CT molecular complexity index is 710. The van der Waals surface area contributed by atoms with E-state index in [4.69, 9.17) is 5.11 Å². The molecule has 0 fully saturated rings. The summed E-state index contributed by atoms with van der Waals surface area (Å²) in [5.74, 6) is -1.02. The van der Waals surface area contributed by atoms with E-state index in [0.717, 1.165) is 32.1 Å². The van der Waals surface area contributed by atoms with Gasteiger partial charge in [0.15, 0.2) is 0 Å². The summed E-state index contributed by atoms with van der Waals surface area (Å²) in [4.78, 5) is 44.1. The number of carboxylic acid groups (broad SMARTS) is 1. The predicted octanol–water partition coefficient (Wildman–Crippen LogP) is 2.44. The molecule has 0 aromatic heterocycles. The van der Waals surface area contributed by atoms with Gasteiger partial charge in [-0.25, -0.2) is 0 Å². The number of rotatable bonds is 16. The number of nitro groups is 1. The van der Waals surface area contributed by atoms with Gasteiger partial charge in [0.1, 0.15) is 0 Å². The van der Waals surface area contributed by atoms with Crippen LogP contribution in [0.3, 0.4) is 0 Å². The van der Waals surface area contributed by atoms with Gasteiger partial charge in [-0.15, -0.1) is 0 Å². The van der Waals surface area contributed by atoms with Crippen molar-refractivity contribution in [3.8, 4) is 0 Å². The number of unbranched alkanes of at least 4 members (excludes halogenated alkanes) is 4. The molecular weight excluding hydrogens is 392 g/mol. The number of nitrogens with zero attached hydrogens (tertiary/aromatic N) is 1. The second kappa shape index (κ2) is 14.8. The molecule has 166 valence electrons. The standard InChI is InChI=1S/C20H30N4O6/c25-18(21-12-6-2-4-11-20(27)28)10-3-1-5-13-22-19(26)15-23-16-8-7-9-17(14-16)24(29)30/h7-9,14,23H,1-6,10-13,15H2,(H,21,25)(H,22,26)(H,27,28). The zero-order valence-electron chi connectivity index (χ0n) is 17.0. The van der Waals surface area contributed by atoms with Crippen LogP contribution in [0.4, 0.5) is 11.4 Å². The highest BCUT2D eigenvalue weighted by Gasteiger charge is 2.07. The number of nitrogens with one attached hydrogen (secondary N) is 3. The highest BCUT2D eigenvalue weighted by molar-refractivity contribution is 5.80. The summed E-state index contributed by atoms with van der Waals surface area (Å²) in [6, 6.07) is 5.96. The summed E-state index contributed by atoms with van der Waals surface area (Å²) in [6.45, 7) is 1.09. The lowest BCUT2D eigenvalue weighted by molar-refractivity contribution is -0.384. The van der Waals surface area contributed by atoms with Crippen LogP contribution < -0.4 is 16.0 Å². The van der Waals surface area contributed by atoms with Gasteiger partial charge >= 0.3 is 5.97 Å². The normalized spacial score (nSPS) is 10.3. The average Bonchev–Trinajstić information content (AvgIpc) is 2.71. The van der Waals surface area contributed by atoms with Gasteiger partial charge < -0.3 is 21.1 Å². The van der Waals surface area contributed by atoms with E-state index in [1.165, 1.54) is 12.1 Å². The quantitative estimate of drug-likeness (QED) is 0.181. The number of anilines is 1. The van der Waals surface area contributed by atoms with Crippen LogP contribution in [0.15, 0.2) is 24.3 Å². The number of nitro benzene ring substituents is 1. The summed E-state index contributed by atoms with van der Waals surface area (Å²) in [5, 5.41) is 27.7. The summed E-state index contributed by atoms with van der Waals surface area (Å²) in [5.41, 5.74) is 0.467. The van der Waals surface area contributed by atoms with Crippen LogP contribution in [-0.2, 0) is 14.4 Å². The maximum Gasteiger partial charge on any atom is 0.303 e. The molecule has 0 bridgehead atoms. The summed E-state index contributed by atoms with van der Waals surface area (Å²) >= 11 is 0. The van der Waals surface area contributed by atoms with E-state index in [-0.39, 0.29) is 30.5 Å². The molecular formula is C20H30N4O6. The predicted molar refractivity (Wildman–Crippen MR) is 112 cm³/mol. The van der Waals surface area contributed by atoms with Gasteiger partial charge in [-0.05, 0) is 31.7 Å². The maximum absolute atomic E-state index is 11.8. The molecule has 0 aliphatic rings. The number of carbonyl (C=O) groups is 3. The van der Waals surface area contributed by atoms with E-state index in [1.807, 2.05) is 0 Å².